The van der Waals surface area contributed by atoms with Gasteiger partial charge in [0.2, 0.25) is 0 Å². The van der Waals surface area contributed by atoms with Gasteiger partial charge in [-0.05, 0) is 48.6 Å². The van der Waals surface area contributed by atoms with E-state index in [1.54, 1.807) is 18.3 Å². The number of hydrogen-bond donors (Lipinski definition) is 0. The van der Waals surface area contributed by atoms with Crippen molar-refractivity contribution in [1.29, 1.82) is 0 Å². The van der Waals surface area contributed by atoms with Gasteiger partial charge in [0.15, 0.2) is 0 Å². The Balaban J connectivity index is 2.12. The molecule has 0 N–H and O–H groups in total. The second-order valence-electron chi connectivity index (χ2n) is 5.46. The maximum absolute atomic E-state index is 12.9. The predicted octanol–water partition coefficient (Wildman–Crippen LogP) is 2.37. The van der Waals surface area contributed by atoms with Gasteiger partial charge in [0.25, 0.3) is 10.0 Å². The molecule has 0 aliphatic carbocycles. The minimum Gasteiger partial charge on any atom is -0.266 e. The average molecular weight is 378 g/mol. The van der Waals surface area contributed by atoms with Crippen molar-refractivity contribution in [1.82, 2.24) is 4.31 Å². The lowest BCUT2D eigenvalue weighted by molar-refractivity contribution is 0.497. The third-order valence-corrected chi connectivity index (χ3v) is 6.09. The molecule has 0 saturated carbocycles. The molecule has 0 bridgehead atoms. The molecule has 1 atom stereocenters. The molecule has 0 radical (unpaired) electrons. The zero-order chi connectivity index (χ0) is 15.9. The van der Waals surface area contributed by atoms with Crippen LogP contribution < -0.4 is 10.4 Å². The summed E-state index contributed by atoms with van der Waals surface area (Å²) in [4.78, 5) is 0.315. The molecule has 5 heteroatoms. The Morgan fingerprint density at radius 1 is 1.05 bits per heavy atom. The predicted molar refractivity (Wildman–Crippen MR) is 92.0 cm³/mol. The Morgan fingerprint density at radius 2 is 1.73 bits per heavy atom. The van der Waals surface area contributed by atoms with E-state index in [4.69, 9.17) is 0 Å². The minimum absolute atomic E-state index is 0.229. The highest BCUT2D eigenvalue weighted by atomic mass is 79.9. The van der Waals surface area contributed by atoms with Gasteiger partial charge in [-0.25, -0.2) is 8.42 Å². The second-order valence-corrected chi connectivity index (χ2v) is 8.22. The monoisotopic (exact) mass is 377 g/mol. The van der Waals surface area contributed by atoms with Crippen LogP contribution in [0.1, 0.15) is 12.5 Å². The average Bonchev–Trinajstić information content (AvgIpc) is 2.46. The molecule has 0 fully saturated rings. The van der Waals surface area contributed by atoms with Gasteiger partial charge in [-0.1, -0.05) is 45.8 Å². The molecule has 2 aromatic carbocycles. The van der Waals surface area contributed by atoms with E-state index >= 15 is 0 Å². The van der Waals surface area contributed by atoms with Gasteiger partial charge in [-0.3, -0.25) is 4.31 Å². The first-order valence-electron chi connectivity index (χ1n) is 6.97. The molecule has 114 valence electrons. The molecule has 0 saturated heterocycles. The minimum atomic E-state index is -3.55. The first-order chi connectivity index (χ1) is 10.4. The molecule has 0 aromatic heterocycles. The molecular formula is C17H16BrNO2S. The van der Waals surface area contributed by atoms with Crippen LogP contribution in [0.4, 0.5) is 0 Å². The van der Waals surface area contributed by atoms with E-state index in [1.807, 2.05) is 50.3 Å². The molecule has 22 heavy (non-hydrogen) atoms. The van der Waals surface area contributed by atoms with Crippen LogP contribution in [0, 0.1) is 6.92 Å². The summed E-state index contributed by atoms with van der Waals surface area (Å²) < 4.78 is 28.1. The van der Waals surface area contributed by atoms with Crippen LogP contribution in [0.2, 0.25) is 0 Å². The lowest BCUT2D eigenvalue weighted by Crippen LogP contribution is -2.42. The number of halogens is 1. The fraction of sp³-hybridized carbons (Fsp3) is 0.176. The lowest BCUT2D eigenvalue weighted by atomic mass is 10.1. The summed E-state index contributed by atoms with van der Waals surface area (Å²) in [5.74, 6) is 0. The van der Waals surface area contributed by atoms with Gasteiger partial charge in [-0.15, -0.1) is 0 Å². The van der Waals surface area contributed by atoms with Gasteiger partial charge in [0, 0.05) is 10.7 Å². The number of fused-ring (bicyclic) bond motifs is 1. The highest BCUT2D eigenvalue weighted by Crippen LogP contribution is 2.21. The Morgan fingerprint density at radius 3 is 2.41 bits per heavy atom. The third-order valence-electron chi connectivity index (χ3n) is 3.73. The molecule has 1 unspecified atom stereocenters. The number of benzene rings is 2. The van der Waals surface area contributed by atoms with Crippen molar-refractivity contribution >= 4 is 38.2 Å². The Hall–Kier alpha value is -1.59. The molecule has 1 heterocycles. The van der Waals surface area contributed by atoms with Crippen molar-refractivity contribution in [3.05, 3.63) is 62.9 Å². The first-order valence-corrected chi connectivity index (χ1v) is 9.21. The molecule has 0 spiro atoms. The standard InChI is InChI=1S/C17H16BrNO2S/c1-12-3-7-17(8-4-12)22(20,21)19-11-14-5-6-16(18)10-15(14)9-13(19)2/h3-11,13H,1-2H3. The van der Waals surface area contributed by atoms with Crippen molar-refractivity contribution < 1.29 is 8.42 Å². The maximum Gasteiger partial charge on any atom is 0.264 e. The number of nitrogens with zero attached hydrogens (tertiary/aromatic N) is 1. The summed E-state index contributed by atoms with van der Waals surface area (Å²) in [6.45, 7) is 3.82. The van der Waals surface area contributed by atoms with Gasteiger partial charge >= 0.3 is 0 Å². The quantitative estimate of drug-likeness (QED) is 0.805. The zero-order valence-electron chi connectivity index (χ0n) is 12.3. The first kappa shape index (κ1) is 15.3. The van der Waals surface area contributed by atoms with E-state index in [1.165, 1.54) is 4.31 Å². The second kappa shape index (κ2) is 5.56. The van der Waals surface area contributed by atoms with Crippen LogP contribution in [-0.4, -0.2) is 18.8 Å². The zero-order valence-corrected chi connectivity index (χ0v) is 14.7. The van der Waals surface area contributed by atoms with E-state index in [0.717, 1.165) is 20.5 Å². The van der Waals surface area contributed by atoms with Gasteiger partial charge < -0.3 is 0 Å². The van der Waals surface area contributed by atoms with Crippen molar-refractivity contribution in [2.45, 2.75) is 24.8 Å². The fourth-order valence-electron chi connectivity index (χ4n) is 2.52. The highest BCUT2D eigenvalue weighted by Gasteiger charge is 2.26. The normalized spacial score (nSPS) is 17.4. The molecule has 3 rings (SSSR count). The smallest absolute Gasteiger partial charge is 0.264 e. The third kappa shape index (κ3) is 2.71. The summed E-state index contributed by atoms with van der Waals surface area (Å²) >= 11 is 3.44. The Labute approximate surface area is 138 Å². The van der Waals surface area contributed by atoms with E-state index < -0.39 is 10.0 Å². The molecular weight excluding hydrogens is 362 g/mol. The summed E-state index contributed by atoms with van der Waals surface area (Å²) in [5.41, 5.74) is 1.04. The number of hydrogen-bond acceptors (Lipinski definition) is 2. The van der Waals surface area contributed by atoms with Crippen LogP contribution >= 0.6 is 15.9 Å². The van der Waals surface area contributed by atoms with E-state index in [9.17, 15) is 8.42 Å². The summed E-state index contributed by atoms with van der Waals surface area (Å²) in [7, 11) is -3.55. The van der Waals surface area contributed by atoms with Crippen LogP contribution in [-0.2, 0) is 10.0 Å². The van der Waals surface area contributed by atoms with Crippen LogP contribution in [0.25, 0.3) is 12.3 Å². The number of rotatable bonds is 2. The summed E-state index contributed by atoms with van der Waals surface area (Å²) in [6.07, 6.45) is 3.67. The van der Waals surface area contributed by atoms with Crippen LogP contribution in [0.5, 0.6) is 0 Å². The van der Waals surface area contributed by atoms with Crippen LogP contribution in [0.3, 0.4) is 0 Å². The Kier molecular flexibility index (Phi) is 3.87. The SMILES string of the molecule is Cc1ccc(S(=O)(=O)N2C=c3ccc(Br)cc3=CC2C)cc1. The molecule has 1 aliphatic heterocycles. The van der Waals surface area contributed by atoms with E-state index in [-0.39, 0.29) is 6.04 Å². The Bertz CT molecular complexity index is 934. The number of aryl methyl sites for hydroxylation is 1. The summed E-state index contributed by atoms with van der Waals surface area (Å²) in [6, 6.07) is 12.5. The van der Waals surface area contributed by atoms with E-state index in [0.29, 0.717) is 4.90 Å². The number of sulfonamides is 1. The lowest BCUT2D eigenvalue weighted by Gasteiger charge is -2.27. The topological polar surface area (TPSA) is 37.4 Å². The van der Waals surface area contributed by atoms with Crippen molar-refractivity contribution in [3.63, 3.8) is 0 Å². The summed E-state index contributed by atoms with van der Waals surface area (Å²) in [5, 5.41) is 1.94. The maximum atomic E-state index is 12.9. The van der Waals surface area contributed by atoms with Gasteiger partial charge in [0.05, 0.1) is 10.9 Å². The largest absolute Gasteiger partial charge is 0.266 e. The van der Waals surface area contributed by atoms with E-state index in [2.05, 4.69) is 15.9 Å². The molecule has 1 aliphatic rings. The van der Waals surface area contributed by atoms with Crippen molar-refractivity contribution in [2.24, 2.45) is 0 Å². The molecule has 2 aromatic rings. The van der Waals surface area contributed by atoms with Crippen molar-refractivity contribution in [2.75, 3.05) is 0 Å². The highest BCUT2D eigenvalue weighted by molar-refractivity contribution is 9.10. The van der Waals surface area contributed by atoms with Crippen LogP contribution in [0.15, 0.2) is 51.8 Å². The van der Waals surface area contributed by atoms with Crippen molar-refractivity contribution in [3.8, 4) is 0 Å². The van der Waals surface area contributed by atoms with Gasteiger partial charge in [-0.2, -0.15) is 0 Å². The van der Waals surface area contributed by atoms with Gasteiger partial charge in [0.1, 0.15) is 0 Å². The molecule has 0 amide bonds. The fourth-order valence-corrected chi connectivity index (χ4v) is 4.37. The molecule has 3 nitrogen and oxygen atoms in total.